The molecule has 12 atom stereocenters. The summed E-state index contributed by atoms with van der Waals surface area (Å²) in [5, 5.41) is 87.6. The Labute approximate surface area is 514 Å². The van der Waals surface area contributed by atoms with Crippen molar-refractivity contribution in [1.29, 1.82) is 0 Å². The van der Waals surface area contributed by atoms with Crippen molar-refractivity contribution < 1.29 is 64.6 Å². The predicted octanol–water partition coefficient (Wildman–Crippen LogP) is 14.6. The van der Waals surface area contributed by atoms with Crippen LogP contribution in [-0.4, -0.2) is 140 Å². The molecule has 0 aliphatic carbocycles. The van der Waals surface area contributed by atoms with Gasteiger partial charge in [0.15, 0.2) is 12.6 Å². The Bertz CT molecular complexity index is 1460. The van der Waals surface area contributed by atoms with E-state index in [1.165, 1.54) is 257 Å². The number of nitrogens with one attached hydrogen (secondary N) is 1. The van der Waals surface area contributed by atoms with Gasteiger partial charge in [-0.25, -0.2) is 0 Å². The first kappa shape index (κ1) is 78.8. The first-order valence-electron chi connectivity index (χ1n) is 35.9. The van der Waals surface area contributed by atoms with Crippen LogP contribution in [0.1, 0.15) is 335 Å². The molecule has 0 aromatic carbocycles. The third kappa shape index (κ3) is 39.7. The average Bonchev–Trinajstić information content (AvgIpc) is 3.18. The maximum absolute atomic E-state index is 13.3. The van der Waals surface area contributed by atoms with E-state index in [9.17, 15) is 45.6 Å². The quantitative estimate of drug-likeness (QED) is 0.0204. The standard InChI is InChI=1S/C70H135NO13/c1-3-5-7-9-11-13-15-17-19-21-23-25-26-27-28-29-30-31-32-34-35-37-39-41-43-45-47-49-51-53-59(74)58(57-81-69-67(80)65(78)68(61(56-73)83-69)84-70-66(79)64(77)63(76)60(55-72)82-70)71-62(75)54-52-50-48-46-44-42-40-38-36-33-24-22-20-18-16-14-12-10-8-6-4-2/h22,24,58-61,63-70,72-74,76-80H,3-21,23,25-57H2,1-2H3,(H,71,75)/b24-22-. The van der Waals surface area contributed by atoms with Crippen LogP contribution in [0, 0.1) is 0 Å². The molecule has 2 rings (SSSR count). The maximum atomic E-state index is 13.3. The van der Waals surface area contributed by atoms with Crippen molar-refractivity contribution in [3.8, 4) is 0 Å². The monoisotopic (exact) mass is 1200 g/mol. The molecule has 84 heavy (non-hydrogen) atoms. The van der Waals surface area contributed by atoms with E-state index < -0.39 is 86.8 Å². The van der Waals surface area contributed by atoms with Gasteiger partial charge >= 0.3 is 0 Å². The van der Waals surface area contributed by atoms with Crippen LogP contribution in [0.3, 0.4) is 0 Å². The Morgan fingerprint density at radius 1 is 0.417 bits per heavy atom. The van der Waals surface area contributed by atoms with Crippen LogP contribution < -0.4 is 5.32 Å². The molecule has 0 radical (unpaired) electrons. The van der Waals surface area contributed by atoms with Crippen molar-refractivity contribution >= 4 is 5.91 Å². The Morgan fingerprint density at radius 2 is 0.750 bits per heavy atom. The second kappa shape index (κ2) is 55.8. The fraction of sp³-hybridized carbons (Fsp3) is 0.957. The van der Waals surface area contributed by atoms with Gasteiger partial charge < -0.3 is 65.1 Å². The first-order valence-corrected chi connectivity index (χ1v) is 35.9. The molecule has 12 unspecified atom stereocenters. The molecule has 0 spiro atoms. The van der Waals surface area contributed by atoms with Crippen molar-refractivity contribution in [3.63, 3.8) is 0 Å². The first-order chi connectivity index (χ1) is 41.1. The van der Waals surface area contributed by atoms with Crippen molar-refractivity contribution in [2.45, 2.75) is 408 Å². The number of hydrogen-bond acceptors (Lipinski definition) is 13. The Morgan fingerprint density at radius 3 is 1.13 bits per heavy atom. The van der Waals surface area contributed by atoms with Crippen LogP contribution in [0.15, 0.2) is 12.2 Å². The lowest BCUT2D eigenvalue weighted by atomic mass is 9.97. The molecule has 14 heteroatoms. The minimum absolute atomic E-state index is 0.202. The number of aliphatic hydroxyl groups is 8. The highest BCUT2D eigenvalue weighted by molar-refractivity contribution is 5.76. The van der Waals surface area contributed by atoms with Gasteiger partial charge in [-0.05, 0) is 38.5 Å². The number of hydrogen-bond donors (Lipinski definition) is 9. The molecule has 2 saturated heterocycles. The van der Waals surface area contributed by atoms with Crippen LogP contribution in [0.2, 0.25) is 0 Å². The zero-order chi connectivity index (χ0) is 60.9. The molecular formula is C70H135NO13. The third-order valence-corrected chi connectivity index (χ3v) is 18.0. The summed E-state index contributed by atoms with van der Waals surface area (Å²) in [4.78, 5) is 13.3. The van der Waals surface area contributed by atoms with Crippen LogP contribution in [-0.2, 0) is 23.7 Å². The molecule has 0 aromatic heterocycles. The summed E-state index contributed by atoms with van der Waals surface area (Å²) in [6.45, 7) is 2.92. The molecule has 9 N–H and O–H groups in total. The van der Waals surface area contributed by atoms with Crippen LogP contribution in [0.4, 0.5) is 0 Å². The van der Waals surface area contributed by atoms with Gasteiger partial charge in [0.25, 0.3) is 0 Å². The second-order valence-corrected chi connectivity index (χ2v) is 25.7. The summed E-state index contributed by atoms with van der Waals surface area (Å²) in [7, 11) is 0. The van der Waals surface area contributed by atoms with E-state index in [1.54, 1.807) is 0 Å². The predicted molar refractivity (Wildman–Crippen MR) is 342 cm³/mol. The largest absolute Gasteiger partial charge is 0.394 e. The van der Waals surface area contributed by atoms with Crippen LogP contribution in [0.25, 0.3) is 0 Å². The third-order valence-electron chi connectivity index (χ3n) is 18.0. The number of amides is 1. The van der Waals surface area contributed by atoms with Gasteiger partial charge in [0.2, 0.25) is 5.91 Å². The summed E-state index contributed by atoms with van der Waals surface area (Å²) in [6, 6.07) is -0.828. The molecule has 2 aliphatic heterocycles. The van der Waals surface area contributed by atoms with Gasteiger partial charge in [-0.2, -0.15) is 0 Å². The van der Waals surface area contributed by atoms with Crippen molar-refractivity contribution in [1.82, 2.24) is 5.32 Å². The molecule has 14 nitrogen and oxygen atoms in total. The van der Waals surface area contributed by atoms with Gasteiger partial charge in [-0.15, -0.1) is 0 Å². The number of aliphatic hydroxyl groups excluding tert-OH is 8. The van der Waals surface area contributed by atoms with Crippen molar-refractivity contribution in [3.05, 3.63) is 12.2 Å². The minimum Gasteiger partial charge on any atom is -0.394 e. The lowest BCUT2D eigenvalue weighted by molar-refractivity contribution is -0.359. The molecule has 0 aromatic rings. The van der Waals surface area contributed by atoms with Crippen molar-refractivity contribution in [2.24, 2.45) is 0 Å². The number of unbranched alkanes of at least 4 members (excludes halogenated alkanes) is 45. The zero-order valence-corrected chi connectivity index (χ0v) is 54.2. The van der Waals surface area contributed by atoms with E-state index in [1.807, 2.05) is 0 Å². The Hall–Kier alpha value is -1.27. The van der Waals surface area contributed by atoms with E-state index in [-0.39, 0.29) is 12.5 Å². The highest BCUT2D eigenvalue weighted by atomic mass is 16.7. The molecule has 2 fully saturated rings. The van der Waals surface area contributed by atoms with E-state index in [0.717, 1.165) is 51.4 Å². The Kier molecular flexibility index (Phi) is 52.3. The molecular weight excluding hydrogens is 1060 g/mol. The normalized spacial score (nSPS) is 23.6. The fourth-order valence-electron chi connectivity index (χ4n) is 12.2. The number of ether oxygens (including phenoxy) is 4. The summed E-state index contributed by atoms with van der Waals surface area (Å²) in [5.41, 5.74) is 0. The Balaban J connectivity index is 1.65. The summed E-state index contributed by atoms with van der Waals surface area (Å²) < 4.78 is 22.9. The lowest BCUT2D eigenvalue weighted by Gasteiger charge is -2.46. The SMILES string of the molecule is CCCCCCCCCC/C=C\CCCCCCCCCCCC(=O)NC(COC1OC(CO)C(OC2OC(CO)C(O)C(O)C2O)C(O)C1O)C(O)CCCCCCCCCCCCCCCCCCCCCCCCCCCCCCC. The topological polar surface area (TPSA) is 228 Å². The highest BCUT2D eigenvalue weighted by Crippen LogP contribution is 2.30. The zero-order valence-electron chi connectivity index (χ0n) is 54.2. The molecule has 2 heterocycles. The number of carbonyl (C=O) groups excluding carboxylic acids is 1. The molecule has 0 bridgehead atoms. The highest BCUT2D eigenvalue weighted by Gasteiger charge is 2.51. The van der Waals surface area contributed by atoms with Gasteiger partial charge in [0.05, 0.1) is 32.0 Å². The van der Waals surface area contributed by atoms with Gasteiger partial charge in [-0.1, -0.05) is 302 Å². The lowest BCUT2D eigenvalue weighted by Crippen LogP contribution is -2.65. The van der Waals surface area contributed by atoms with Crippen LogP contribution >= 0.6 is 0 Å². The smallest absolute Gasteiger partial charge is 0.220 e. The summed E-state index contributed by atoms with van der Waals surface area (Å²) >= 11 is 0. The molecule has 0 saturated carbocycles. The van der Waals surface area contributed by atoms with Gasteiger partial charge in [-0.3, -0.25) is 4.79 Å². The minimum atomic E-state index is -1.78. The van der Waals surface area contributed by atoms with Crippen LogP contribution in [0.5, 0.6) is 0 Å². The maximum Gasteiger partial charge on any atom is 0.220 e. The number of carbonyl (C=O) groups is 1. The van der Waals surface area contributed by atoms with Gasteiger partial charge in [0.1, 0.15) is 48.8 Å². The summed E-state index contributed by atoms with van der Waals surface area (Å²) in [5.74, 6) is -0.202. The molecule has 2 aliphatic rings. The van der Waals surface area contributed by atoms with Gasteiger partial charge in [0, 0.05) is 6.42 Å². The number of rotatable bonds is 60. The second-order valence-electron chi connectivity index (χ2n) is 25.7. The number of allylic oxidation sites excluding steroid dienone is 2. The van der Waals surface area contributed by atoms with E-state index in [0.29, 0.717) is 12.8 Å². The molecule has 1 amide bonds. The van der Waals surface area contributed by atoms with E-state index >= 15 is 0 Å². The van der Waals surface area contributed by atoms with E-state index in [4.69, 9.17) is 18.9 Å². The fourth-order valence-corrected chi connectivity index (χ4v) is 12.2. The van der Waals surface area contributed by atoms with E-state index in [2.05, 4.69) is 31.3 Å². The van der Waals surface area contributed by atoms with Crippen molar-refractivity contribution in [2.75, 3.05) is 19.8 Å². The summed E-state index contributed by atoms with van der Waals surface area (Å²) in [6.07, 6.45) is 50.9. The average molecular weight is 1200 g/mol. The molecule has 498 valence electrons.